The molecule has 27 heavy (non-hydrogen) atoms. The van der Waals surface area contributed by atoms with Gasteiger partial charge in [-0.25, -0.2) is 0 Å². The summed E-state index contributed by atoms with van der Waals surface area (Å²) in [6, 6.07) is 12.0. The summed E-state index contributed by atoms with van der Waals surface area (Å²) in [6.45, 7) is 4.03. The summed E-state index contributed by atoms with van der Waals surface area (Å²) in [5, 5.41) is 0. The molecule has 0 heterocycles. The van der Waals surface area contributed by atoms with Crippen LogP contribution in [0.25, 0.3) is 12.2 Å². The molecule has 140 valence electrons. The number of ketones is 1. The average molecular weight is 362 g/mol. The molecule has 0 saturated heterocycles. The van der Waals surface area contributed by atoms with E-state index in [9.17, 15) is 4.79 Å². The Kier molecular flexibility index (Phi) is 5.80. The molecule has 0 bridgehead atoms. The summed E-state index contributed by atoms with van der Waals surface area (Å²) in [5.74, 6) is 1.77. The number of methoxy groups -OCH3 is 2. The van der Waals surface area contributed by atoms with Gasteiger partial charge in [0, 0.05) is 22.3 Å². The number of rotatable bonds is 4. The molecule has 2 aromatic carbocycles. The second-order valence-electron chi connectivity index (χ2n) is 6.92. The van der Waals surface area contributed by atoms with E-state index in [1.54, 1.807) is 14.2 Å². The minimum atomic E-state index is 0.119. The maximum Gasteiger partial charge on any atom is 0.185 e. The molecule has 0 atom stereocenters. The highest BCUT2D eigenvalue weighted by atomic mass is 16.5. The van der Waals surface area contributed by atoms with Crippen LogP contribution in [-0.2, 0) is 4.79 Å². The van der Waals surface area contributed by atoms with E-state index in [-0.39, 0.29) is 5.78 Å². The first-order valence-corrected chi connectivity index (χ1v) is 9.28. The van der Waals surface area contributed by atoms with Crippen molar-refractivity contribution in [3.8, 4) is 11.5 Å². The molecule has 0 aliphatic heterocycles. The third-order valence-corrected chi connectivity index (χ3v) is 5.03. The van der Waals surface area contributed by atoms with E-state index >= 15 is 0 Å². The number of benzene rings is 2. The molecule has 3 heteroatoms. The number of hydrogen-bond donors (Lipinski definition) is 0. The number of allylic oxidation sites excluding steroid dienone is 2. The van der Waals surface area contributed by atoms with Crippen molar-refractivity contribution >= 4 is 17.9 Å². The van der Waals surface area contributed by atoms with Crippen LogP contribution in [0.1, 0.15) is 41.5 Å². The minimum Gasteiger partial charge on any atom is -0.496 e. The van der Waals surface area contributed by atoms with Gasteiger partial charge in [0.2, 0.25) is 0 Å². The zero-order valence-corrected chi connectivity index (χ0v) is 16.5. The Hall–Kier alpha value is -2.81. The normalized spacial score (nSPS) is 17.4. The fraction of sp³-hybridized carbons (Fsp3) is 0.292. The molecule has 2 aromatic rings. The van der Waals surface area contributed by atoms with Gasteiger partial charge in [0.05, 0.1) is 14.2 Å². The van der Waals surface area contributed by atoms with Gasteiger partial charge in [-0.2, -0.15) is 0 Å². The lowest BCUT2D eigenvalue weighted by atomic mass is 9.86. The van der Waals surface area contributed by atoms with E-state index in [4.69, 9.17) is 9.47 Å². The first-order valence-electron chi connectivity index (χ1n) is 9.28. The number of aryl methyl sites for hydroxylation is 2. The Balaban J connectivity index is 1.98. The van der Waals surface area contributed by atoms with Crippen LogP contribution in [0.15, 0.2) is 47.5 Å². The number of ether oxygens (including phenoxy) is 2. The van der Waals surface area contributed by atoms with Gasteiger partial charge in [0.1, 0.15) is 11.5 Å². The lowest BCUT2D eigenvalue weighted by Gasteiger charge is -2.18. The molecule has 0 unspecified atom stereocenters. The molecule has 0 amide bonds. The standard InChI is InChI=1S/C24H26O3/c1-16-8-5-12-20(23(16)26-3)14-18-10-7-11-19(22(18)25)15-21-13-6-9-17(2)24(21)27-4/h5-6,8-9,12-15H,7,10-11H2,1-4H3/b18-14+,19-15+. The predicted molar refractivity (Wildman–Crippen MR) is 110 cm³/mol. The van der Waals surface area contributed by atoms with Crippen molar-refractivity contribution in [2.45, 2.75) is 33.1 Å². The van der Waals surface area contributed by atoms with E-state index in [1.807, 2.05) is 62.4 Å². The van der Waals surface area contributed by atoms with Gasteiger partial charge in [0.25, 0.3) is 0 Å². The van der Waals surface area contributed by atoms with Gasteiger partial charge < -0.3 is 9.47 Å². The molecule has 0 N–H and O–H groups in total. The first-order chi connectivity index (χ1) is 13.0. The van der Waals surface area contributed by atoms with E-state index in [0.717, 1.165) is 64.2 Å². The maximum absolute atomic E-state index is 13.1. The van der Waals surface area contributed by atoms with Crippen molar-refractivity contribution in [3.05, 3.63) is 69.8 Å². The van der Waals surface area contributed by atoms with Crippen molar-refractivity contribution in [1.29, 1.82) is 0 Å². The van der Waals surface area contributed by atoms with Crippen molar-refractivity contribution in [2.24, 2.45) is 0 Å². The van der Waals surface area contributed by atoms with Crippen LogP contribution in [0, 0.1) is 13.8 Å². The summed E-state index contributed by atoms with van der Waals surface area (Å²) in [4.78, 5) is 13.1. The summed E-state index contributed by atoms with van der Waals surface area (Å²) < 4.78 is 11.1. The zero-order valence-electron chi connectivity index (χ0n) is 16.5. The van der Waals surface area contributed by atoms with Crippen molar-refractivity contribution in [3.63, 3.8) is 0 Å². The highest BCUT2D eigenvalue weighted by Crippen LogP contribution is 2.33. The topological polar surface area (TPSA) is 35.5 Å². The SMILES string of the molecule is COc1c(C)cccc1/C=C1\CCC/C(=C\c2cccc(C)c2OC)C1=O. The summed E-state index contributed by atoms with van der Waals surface area (Å²) in [6.07, 6.45) is 6.51. The minimum absolute atomic E-state index is 0.119. The van der Waals surface area contributed by atoms with Crippen LogP contribution in [0.4, 0.5) is 0 Å². The van der Waals surface area contributed by atoms with Crippen LogP contribution in [-0.4, -0.2) is 20.0 Å². The molecule has 3 nitrogen and oxygen atoms in total. The third kappa shape index (κ3) is 3.97. The largest absolute Gasteiger partial charge is 0.496 e. The Bertz CT molecular complexity index is 846. The summed E-state index contributed by atoms with van der Waals surface area (Å²) >= 11 is 0. The summed E-state index contributed by atoms with van der Waals surface area (Å²) in [7, 11) is 3.34. The monoisotopic (exact) mass is 362 g/mol. The van der Waals surface area contributed by atoms with Crippen LogP contribution in [0.5, 0.6) is 11.5 Å². The van der Waals surface area contributed by atoms with Crippen molar-refractivity contribution < 1.29 is 14.3 Å². The molecule has 0 spiro atoms. The number of para-hydroxylation sites is 2. The highest BCUT2D eigenvalue weighted by Gasteiger charge is 2.21. The first kappa shape index (κ1) is 19.0. The van der Waals surface area contributed by atoms with Gasteiger partial charge >= 0.3 is 0 Å². The number of hydrogen-bond acceptors (Lipinski definition) is 3. The van der Waals surface area contributed by atoms with E-state index < -0.39 is 0 Å². The number of carbonyl (C=O) groups is 1. The van der Waals surface area contributed by atoms with Crippen molar-refractivity contribution in [1.82, 2.24) is 0 Å². The van der Waals surface area contributed by atoms with Gasteiger partial charge in [-0.15, -0.1) is 0 Å². The Morgan fingerprint density at radius 3 is 1.63 bits per heavy atom. The number of carbonyl (C=O) groups excluding carboxylic acids is 1. The fourth-order valence-corrected chi connectivity index (χ4v) is 3.69. The van der Waals surface area contributed by atoms with Crippen LogP contribution in [0.3, 0.4) is 0 Å². The Morgan fingerprint density at radius 2 is 1.22 bits per heavy atom. The van der Waals surface area contributed by atoms with Gasteiger partial charge in [-0.05, 0) is 56.4 Å². The molecular weight excluding hydrogens is 336 g/mol. The predicted octanol–water partition coefficient (Wildman–Crippen LogP) is 5.54. The molecule has 0 radical (unpaired) electrons. The van der Waals surface area contributed by atoms with Gasteiger partial charge in [-0.3, -0.25) is 4.79 Å². The summed E-state index contributed by atoms with van der Waals surface area (Å²) in [5.41, 5.74) is 5.71. The second-order valence-corrected chi connectivity index (χ2v) is 6.92. The van der Waals surface area contributed by atoms with Crippen LogP contribution < -0.4 is 9.47 Å². The molecule has 1 aliphatic carbocycles. The molecule has 3 rings (SSSR count). The van der Waals surface area contributed by atoms with E-state index in [0.29, 0.717) is 0 Å². The molecule has 1 saturated carbocycles. The average Bonchev–Trinajstić information content (AvgIpc) is 2.65. The lowest BCUT2D eigenvalue weighted by Crippen LogP contribution is -2.12. The quantitative estimate of drug-likeness (QED) is 0.670. The van der Waals surface area contributed by atoms with Crippen LogP contribution >= 0.6 is 0 Å². The van der Waals surface area contributed by atoms with Crippen LogP contribution in [0.2, 0.25) is 0 Å². The Morgan fingerprint density at radius 1 is 0.778 bits per heavy atom. The van der Waals surface area contributed by atoms with E-state index in [1.165, 1.54) is 0 Å². The number of Topliss-reactive ketones (excluding diaryl/α,β-unsaturated/α-hetero) is 1. The van der Waals surface area contributed by atoms with Crippen molar-refractivity contribution in [2.75, 3.05) is 14.2 Å². The smallest absolute Gasteiger partial charge is 0.185 e. The second kappa shape index (κ2) is 8.26. The highest BCUT2D eigenvalue weighted by molar-refractivity contribution is 6.14. The van der Waals surface area contributed by atoms with E-state index in [2.05, 4.69) is 0 Å². The fourth-order valence-electron chi connectivity index (χ4n) is 3.69. The molecule has 0 aromatic heterocycles. The zero-order chi connectivity index (χ0) is 19.4. The van der Waals surface area contributed by atoms with Gasteiger partial charge in [-0.1, -0.05) is 36.4 Å². The molecule has 1 fully saturated rings. The lowest BCUT2D eigenvalue weighted by molar-refractivity contribution is -0.112. The molecular formula is C24H26O3. The third-order valence-electron chi connectivity index (χ3n) is 5.03. The Labute approximate surface area is 161 Å². The molecule has 1 aliphatic rings. The maximum atomic E-state index is 13.1. The van der Waals surface area contributed by atoms with Gasteiger partial charge in [0.15, 0.2) is 5.78 Å².